The molecule has 2 aromatic rings. The molecule has 0 saturated heterocycles. The van der Waals surface area contributed by atoms with Crippen LogP contribution in [0.4, 0.5) is 0 Å². The van der Waals surface area contributed by atoms with Gasteiger partial charge in [-0.3, -0.25) is 0 Å². The van der Waals surface area contributed by atoms with Crippen molar-refractivity contribution in [2.24, 2.45) is 0 Å². The highest BCUT2D eigenvalue weighted by Crippen LogP contribution is 2.29. The third kappa shape index (κ3) is 2.13. The zero-order valence-electron chi connectivity index (χ0n) is 8.78. The molecular weight excluding hydrogens is 224 g/mol. The molecule has 0 bridgehead atoms. The number of phenols is 1. The number of aliphatic hydroxyl groups excluding tert-OH is 1. The molecule has 16 heavy (non-hydrogen) atoms. The molecule has 0 heterocycles. The van der Waals surface area contributed by atoms with Crippen molar-refractivity contribution in [1.82, 2.24) is 0 Å². The van der Waals surface area contributed by atoms with Crippen LogP contribution >= 0.6 is 11.6 Å². The maximum atomic E-state index is 9.79. The number of hydrogen-bond donors (Lipinski definition) is 2. The van der Waals surface area contributed by atoms with Crippen molar-refractivity contribution in [2.45, 2.75) is 12.8 Å². The summed E-state index contributed by atoms with van der Waals surface area (Å²) in [5.74, 6) is 0.281. The van der Waals surface area contributed by atoms with E-state index in [4.69, 9.17) is 16.7 Å². The fourth-order valence-electron chi connectivity index (χ4n) is 1.87. The lowest BCUT2D eigenvalue weighted by molar-refractivity contribution is 0.288. The topological polar surface area (TPSA) is 40.5 Å². The second kappa shape index (κ2) is 4.73. The molecular formula is C13H13ClO2. The smallest absolute Gasteiger partial charge is 0.119 e. The van der Waals surface area contributed by atoms with Gasteiger partial charge < -0.3 is 10.2 Å². The molecule has 0 aliphatic rings. The van der Waals surface area contributed by atoms with Gasteiger partial charge in [-0.25, -0.2) is 0 Å². The maximum Gasteiger partial charge on any atom is 0.119 e. The van der Waals surface area contributed by atoms with Crippen molar-refractivity contribution in [3.8, 4) is 5.75 Å². The van der Waals surface area contributed by atoms with Gasteiger partial charge in [-0.15, -0.1) is 0 Å². The third-order valence-electron chi connectivity index (χ3n) is 2.65. The van der Waals surface area contributed by atoms with Gasteiger partial charge >= 0.3 is 0 Å². The van der Waals surface area contributed by atoms with Crippen LogP contribution in [0.15, 0.2) is 30.3 Å². The zero-order valence-corrected chi connectivity index (χ0v) is 9.54. The maximum absolute atomic E-state index is 9.79. The lowest BCUT2D eigenvalue weighted by atomic mass is 10.00. The van der Waals surface area contributed by atoms with Crippen LogP contribution in [-0.2, 0) is 6.42 Å². The Kier molecular flexibility index (Phi) is 3.32. The Morgan fingerprint density at radius 2 is 1.94 bits per heavy atom. The number of aliphatic hydroxyl groups is 1. The summed E-state index contributed by atoms with van der Waals surface area (Å²) < 4.78 is 0. The van der Waals surface area contributed by atoms with E-state index in [9.17, 15) is 5.11 Å². The van der Waals surface area contributed by atoms with Gasteiger partial charge in [0.1, 0.15) is 5.75 Å². The van der Waals surface area contributed by atoms with Gasteiger partial charge in [-0.1, -0.05) is 23.7 Å². The molecule has 2 nitrogen and oxygen atoms in total. The summed E-state index contributed by atoms with van der Waals surface area (Å²) in [6.45, 7) is 0.128. The zero-order chi connectivity index (χ0) is 11.5. The van der Waals surface area contributed by atoms with Gasteiger partial charge in [0, 0.05) is 17.2 Å². The van der Waals surface area contributed by atoms with E-state index in [2.05, 4.69) is 0 Å². The standard InChI is InChI=1S/C13H13ClO2/c14-10-4-5-11-9(8-10)3-6-13(16)12(11)2-1-7-15/h3-6,8,15-16H,1-2,7H2. The Labute approximate surface area is 99.1 Å². The van der Waals surface area contributed by atoms with Crippen molar-refractivity contribution >= 4 is 22.4 Å². The van der Waals surface area contributed by atoms with Gasteiger partial charge in [-0.2, -0.15) is 0 Å². The van der Waals surface area contributed by atoms with Crippen LogP contribution in [-0.4, -0.2) is 16.8 Å². The Bertz CT molecular complexity index is 509. The molecule has 2 N–H and O–H groups in total. The third-order valence-corrected chi connectivity index (χ3v) is 2.89. The fourth-order valence-corrected chi connectivity index (χ4v) is 2.05. The number of hydrogen-bond acceptors (Lipinski definition) is 2. The number of benzene rings is 2. The van der Waals surface area contributed by atoms with Crippen molar-refractivity contribution in [2.75, 3.05) is 6.61 Å². The quantitative estimate of drug-likeness (QED) is 0.860. The molecule has 2 rings (SSSR count). The number of fused-ring (bicyclic) bond motifs is 1. The molecule has 3 heteroatoms. The molecule has 0 saturated carbocycles. The Hall–Kier alpha value is -1.25. The van der Waals surface area contributed by atoms with Gasteiger partial charge in [0.15, 0.2) is 0 Å². The van der Waals surface area contributed by atoms with Gasteiger partial charge in [0.25, 0.3) is 0 Å². The van der Waals surface area contributed by atoms with Crippen LogP contribution in [0.5, 0.6) is 5.75 Å². The molecule has 0 unspecified atom stereocenters. The van der Waals surface area contributed by atoms with E-state index in [-0.39, 0.29) is 12.4 Å². The molecule has 0 atom stereocenters. The number of rotatable bonds is 3. The largest absolute Gasteiger partial charge is 0.508 e. The number of phenolic OH excluding ortho intramolecular Hbond substituents is 1. The van der Waals surface area contributed by atoms with Crippen molar-refractivity contribution < 1.29 is 10.2 Å². The average Bonchev–Trinajstić information content (AvgIpc) is 2.28. The average molecular weight is 237 g/mol. The van der Waals surface area contributed by atoms with Crippen LogP contribution in [0.1, 0.15) is 12.0 Å². The van der Waals surface area contributed by atoms with Crippen molar-refractivity contribution in [3.63, 3.8) is 0 Å². The summed E-state index contributed by atoms with van der Waals surface area (Å²) in [7, 11) is 0. The fraction of sp³-hybridized carbons (Fsp3) is 0.231. The monoisotopic (exact) mass is 236 g/mol. The molecule has 0 radical (unpaired) electrons. The molecule has 2 aromatic carbocycles. The predicted molar refractivity (Wildman–Crippen MR) is 66.0 cm³/mol. The minimum absolute atomic E-state index is 0.128. The summed E-state index contributed by atoms with van der Waals surface area (Å²) in [5.41, 5.74) is 0.878. The van der Waals surface area contributed by atoms with Gasteiger partial charge in [-0.05, 0) is 41.8 Å². The first kappa shape index (κ1) is 11.2. The van der Waals surface area contributed by atoms with Crippen LogP contribution in [0, 0.1) is 0 Å². The molecule has 0 amide bonds. The molecule has 0 fully saturated rings. The molecule has 0 aliphatic carbocycles. The highest BCUT2D eigenvalue weighted by molar-refractivity contribution is 6.31. The second-order valence-corrected chi connectivity index (χ2v) is 4.19. The van der Waals surface area contributed by atoms with E-state index in [0.29, 0.717) is 17.9 Å². The number of aromatic hydroxyl groups is 1. The van der Waals surface area contributed by atoms with E-state index in [0.717, 1.165) is 16.3 Å². The van der Waals surface area contributed by atoms with Gasteiger partial charge in [0.05, 0.1) is 0 Å². The molecule has 0 aliphatic heterocycles. The van der Waals surface area contributed by atoms with E-state index in [1.54, 1.807) is 6.07 Å². The van der Waals surface area contributed by atoms with Crippen LogP contribution in [0.2, 0.25) is 5.02 Å². The predicted octanol–water partition coefficient (Wildman–Crippen LogP) is 3.12. The Morgan fingerprint density at radius 1 is 1.12 bits per heavy atom. The van der Waals surface area contributed by atoms with Crippen LogP contribution < -0.4 is 0 Å². The van der Waals surface area contributed by atoms with Crippen molar-refractivity contribution in [1.29, 1.82) is 0 Å². The van der Waals surface area contributed by atoms with Crippen molar-refractivity contribution in [3.05, 3.63) is 40.9 Å². The minimum atomic E-state index is 0.128. The van der Waals surface area contributed by atoms with Crippen LogP contribution in [0.25, 0.3) is 10.8 Å². The summed E-state index contributed by atoms with van der Waals surface area (Å²) in [5, 5.41) is 21.3. The lowest BCUT2D eigenvalue weighted by Gasteiger charge is -2.08. The molecule has 84 valence electrons. The van der Waals surface area contributed by atoms with E-state index < -0.39 is 0 Å². The van der Waals surface area contributed by atoms with Gasteiger partial charge in [0.2, 0.25) is 0 Å². The highest BCUT2D eigenvalue weighted by atomic mass is 35.5. The first-order valence-electron chi connectivity index (χ1n) is 5.23. The number of aryl methyl sites for hydroxylation is 1. The first-order chi connectivity index (χ1) is 7.72. The van der Waals surface area contributed by atoms with E-state index >= 15 is 0 Å². The second-order valence-electron chi connectivity index (χ2n) is 3.76. The first-order valence-corrected chi connectivity index (χ1v) is 5.61. The minimum Gasteiger partial charge on any atom is -0.508 e. The van der Waals surface area contributed by atoms with E-state index in [1.807, 2.05) is 24.3 Å². The number of halogens is 1. The summed E-state index contributed by atoms with van der Waals surface area (Å²) in [6.07, 6.45) is 1.32. The normalized spacial score (nSPS) is 10.9. The molecule has 0 spiro atoms. The highest BCUT2D eigenvalue weighted by Gasteiger charge is 2.06. The van der Waals surface area contributed by atoms with Crippen LogP contribution in [0.3, 0.4) is 0 Å². The van der Waals surface area contributed by atoms with E-state index in [1.165, 1.54) is 0 Å². The molecule has 0 aromatic heterocycles. The Morgan fingerprint density at radius 3 is 2.69 bits per heavy atom. The SMILES string of the molecule is OCCCc1c(O)ccc2cc(Cl)ccc12. The summed E-state index contributed by atoms with van der Waals surface area (Å²) in [4.78, 5) is 0. The summed E-state index contributed by atoms with van der Waals surface area (Å²) >= 11 is 5.91. The lowest BCUT2D eigenvalue weighted by Crippen LogP contribution is -1.92. The summed E-state index contributed by atoms with van der Waals surface area (Å²) in [6, 6.07) is 9.11. The Balaban J connectivity index is 2.55.